The molecule has 4 atom stereocenters. The van der Waals surface area contributed by atoms with Crippen molar-refractivity contribution in [1.29, 1.82) is 0 Å². The van der Waals surface area contributed by atoms with E-state index in [0.717, 1.165) is 46.9 Å². The number of Topliss-reactive ketones (excluding diaryl/α,β-unsaturated/α-hetero) is 1. The smallest absolute Gasteiger partial charge is 0.162 e. The minimum absolute atomic E-state index is 0.292. The van der Waals surface area contributed by atoms with E-state index < -0.39 is 0 Å². The van der Waals surface area contributed by atoms with Crippen molar-refractivity contribution < 1.29 is 4.79 Å². The van der Waals surface area contributed by atoms with Crippen molar-refractivity contribution in [3.05, 3.63) is 102 Å². The minimum atomic E-state index is 0.292. The molecule has 0 saturated heterocycles. The number of carbonyl (C=O) groups is 1. The van der Waals surface area contributed by atoms with Gasteiger partial charge in [-0.2, -0.15) is 0 Å². The number of ketones is 1. The Labute approximate surface area is 221 Å². The number of benzene rings is 3. The average Bonchev–Trinajstić information content (AvgIpc) is 3.46. The van der Waals surface area contributed by atoms with Crippen LogP contribution in [0.15, 0.2) is 91.1 Å². The van der Waals surface area contributed by atoms with Gasteiger partial charge in [-0.1, -0.05) is 60.7 Å². The van der Waals surface area contributed by atoms with Crippen LogP contribution in [-0.4, -0.2) is 10.4 Å². The highest BCUT2D eigenvalue weighted by atomic mass is 16.1. The van der Waals surface area contributed by atoms with E-state index in [-0.39, 0.29) is 0 Å². The van der Waals surface area contributed by atoms with Crippen molar-refractivity contribution in [2.24, 2.45) is 23.7 Å². The molecule has 1 aromatic heterocycles. The number of hydrogen-bond acceptors (Lipinski definition) is 1. The fraction of sp³-hybridized carbons (Fsp3) is 0.400. The highest BCUT2D eigenvalue weighted by molar-refractivity contribution is 5.99. The molecule has 6 rings (SSSR count). The largest absolute Gasteiger partial charge is 0.317 e. The monoisotopic (exact) mass is 489 g/mol. The lowest BCUT2D eigenvalue weighted by Crippen LogP contribution is -2.26. The van der Waals surface area contributed by atoms with Gasteiger partial charge in [0.05, 0.1) is 5.52 Å². The molecule has 37 heavy (non-hydrogen) atoms. The number of nitrogens with zero attached hydrogens (tertiary/aromatic N) is 1. The van der Waals surface area contributed by atoms with E-state index in [4.69, 9.17) is 0 Å². The van der Waals surface area contributed by atoms with Crippen molar-refractivity contribution in [3.63, 3.8) is 0 Å². The molecule has 190 valence electrons. The lowest BCUT2D eigenvalue weighted by atomic mass is 9.70. The van der Waals surface area contributed by atoms with E-state index in [2.05, 4.69) is 83.6 Å². The summed E-state index contributed by atoms with van der Waals surface area (Å²) in [5.74, 6) is 3.94. The molecular weight excluding hydrogens is 450 g/mol. The molecular formula is C35H39NO. The van der Waals surface area contributed by atoms with Crippen LogP contribution in [0.5, 0.6) is 0 Å². The molecule has 0 N–H and O–H groups in total. The van der Waals surface area contributed by atoms with Gasteiger partial charge < -0.3 is 4.57 Å². The van der Waals surface area contributed by atoms with Crippen molar-refractivity contribution >= 4 is 16.7 Å². The van der Waals surface area contributed by atoms with Crippen LogP contribution in [0.1, 0.15) is 73.7 Å². The van der Waals surface area contributed by atoms with Crippen LogP contribution >= 0.6 is 0 Å². The minimum Gasteiger partial charge on any atom is -0.317 e. The van der Waals surface area contributed by atoms with Crippen LogP contribution in [-0.2, 0) is 6.42 Å². The summed E-state index contributed by atoms with van der Waals surface area (Å²) < 4.78 is 2.18. The zero-order valence-electron chi connectivity index (χ0n) is 21.9. The van der Waals surface area contributed by atoms with E-state index >= 15 is 0 Å². The van der Waals surface area contributed by atoms with E-state index in [9.17, 15) is 4.79 Å². The molecule has 2 saturated carbocycles. The quantitative estimate of drug-likeness (QED) is 0.204. The van der Waals surface area contributed by atoms with Crippen molar-refractivity contribution in [2.45, 2.75) is 64.2 Å². The first-order chi connectivity index (χ1) is 18.2. The van der Waals surface area contributed by atoms with Crippen LogP contribution in [0.3, 0.4) is 0 Å². The Bertz CT molecular complexity index is 1310. The Morgan fingerprint density at radius 2 is 1.51 bits per heavy atom. The summed E-state index contributed by atoms with van der Waals surface area (Å²) in [6, 6.07) is 29.7. The van der Waals surface area contributed by atoms with Gasteiger partial charge in [0.2, 0.25) is 0 Å². The summed E-state index contributed by atoms with van der Waals surface area (Å²) in [6.45, 7) is 0. The van der Waals surface area contributed by atoms with Gasteiger partial charge in [0, 0.05) is 23.9 Å². The Balaban J connectivity index is 0.999. The standard InChI is InChI=1S/C35H39NO/c37-35(31-20-17-28-21-22-36(34(28)25-31)32-13-5-2-6-14-32)16-8-12-27-23-29-18-19-30(24-27)33(29)15-7-11-26-9-3-1-4-10-26/h1-6,9-10,13-14,17,20-22,25,27,29-30,33H,7-8,11-12,15-16,18-19,23-24H2/t27?,29-,30+,33?. The Hall–Kier alpha value is -3.13. The highest BCUT2D eigenvalue weighted by Crippen LogP contribution is 2.51. The summed E-state index contributed by atoms with van der Waals surface area (Å²) >= 11 is 0. The van der Waals surface area contributed by atoms with E-state index in [1.807, 2.05) is 12.1 Å². The van der Waals surface area contributed by atoms with Crippen molar-refractivity contribution in [2.75, 3.05) is 0 Å². The van der Waals surface area contributed by atoms with Gasteiger partial charge >= 0.3 is 0 Å². The first-order valence-corrected chi connectivity index (χ1v) is 14.5. The topological polar surface area (TPSA) is 22.0 Å². The lowest BCUT2D eigenvalue weighted by Gasteiger charge is -2.35. The van der Waals surface area contributed by atoms with Gasteiger partial charge in [-0.3, -0.25) is 4.79 Å². The van der Waals surface area contributed by atoms with E-state index in [0.29, 0.717) is 12.2 Å². The van der Waals surface area contributed by atoms with Gasteiger partial charge in [0.1, 0.15) is 0 Å². The average molecular weight is 490 g/mol. The van der Waals surface area contributed by atoms with Crippen molar-refractivity contribution in [3.8, 4) is 5.69 Å². The zero-order chi connectivity index (χ0) is 25.0. The first-order valence-electron chi connectivity index (χ1n) is 14.5. The second-order valence-corrected chi connectivity index (χ2v) is 11.6. The number of para-hydroxylation sites is 1. The van der Waals surface area contributed by atoms with Crippen LogP contribution in [0, 0.1) is 23.7 Å². The number of fused-ring (bicyclic) bond motifs is 3. The van der Waals surface area contributed by atoms with Gasteiger partial charge in [-0.15, -0.1) is 0 Å². The molecule has 0 spiro atoms. The van der Waals surface area contributed by atoms with Gasteiger partial charge in [-0.25, -0.2) is 0 Å². The summed E-state index contributed by atoms with van der Waals surface area (Å²) in [6.07, 6.45) is 14.7. The van der Waals surface area contributed by atoms with E-state index in [1.54, 1.807) is 0 Å². The number of carbonyl (C=O) groups excluding carboxylic acids is 1. The maximum Gasteiger partial charge on any atom is 0.162 e. The predicted molar refractivity (Wildman–Crippen MR) is 153 cm³/mol. The van der Waals surface area contributed by atoms with Crippen molar-refractivity contribution in [1.82, 2.24) is 4.57 Å². The summed E-state index contributed by atoms with van der Waals surface area (Å²) in [4.78, 5) is 13.1. The Morgan fingerprint density at radius 3 is 2.27 bits per heavy atom. The van der Waals surface area contributed by atoms with Gasteiger partial charge in [0.15, 0.2) is 5.78 Å². The molecule has 0 aliphatic heterocycles. The second-order valence-electron chi connectivity index (χ2n) is 11.6. The van der Waals surface area contributed by atoms with Gasteiger partial charge in [-0.05, 0) is 117 Å². The molecule has 0 radical (unpaired) electrons. The number of aryl methyl sites for hydroxylation is 1. The number of hydrogen-bond donors (Lipinski definition) is 0. The molecule has 2 aliphatic carbocycles. The molecule has 4 aromatic rings. The molecule has 3 aromatic carbocycles. The molecule has 1 heterocycles. The fourth-order valence-corrected chi connectivity index (χ4v) is 7.48. The summed E-state index contributed by atoms with van der Waals surface area (Å²) in [5.41, 5.74) is 4.58. The predicted octanol–water partition coefficient (Wildman–Crippen LogP) is 9.06. The zero-order valence-corrected chi connectivity index (χ0v) is 21.9. The summed E-state index contributed by atoms with van der Waals surface area (Å²) in [7, 11) is 0. The molecule has 2 bridgehead atoms. The molecule has 2 nitrogen and oxygen atoms in total. The van der Waals surface area contributed by atoms with Crippen LogP contribution < -0.4 is 0 Å². The Morgan fingerprint density at radius 1 is 0.784 bits per heavy atom. The third-order valence-electron chi connectivity index (χ3n) is 9.30. The van der Waals surface area contributed by atoms with Crippen LogP contribution in [0.25, 0.3) is 16.6 Å². The molecule has 2 unspecified atom stereocenters. The number of aromatic nitrogens is 1. The van der Waals surface area contributed by atoms with Crippen LogP contribution in [0.2, 0.25) is 0 Å². The Kier molecular flexibility index (Phi) is 7.26. The summed E-state index contributed by atoms with van der Waals surface area (Å²) in [5, 5.41) is 1.18. The highest BCUT2D eigenvalue weighted by Gasteiger charge is 2.41. The molecule has 2 fully saturated rings. The van der Waals surface area contributed by atoms with E-state index in [1.165, 1.54) is 62.3 Å². The lowest BCUT2D eigenvalue weighted by molar-refractivity contribution is 0.0971. The fourth-order valence-electron chi connectivity index (χ4n) is 7.48. The maximum atomic E-state index is 13.1. The molecule has 2 heteroatoms. The normalized spacial score (nSPS) is 22.9. The third-order valence-corrected chi connectivity index (χ3v) is 9.30. The van der Waals surface area contributed by atoms with Gasteiger partial charge in [0.25, 0.3) is 0 Å². The molecule has 2 aliphatic rings. The SMILES string of the molecule is O=C(CCCC1C[C@H]2CC[C@@H](C1)C2CCCc1ccccc1)c1ccc2ccn(-c3ccccc3)c2c1. The maximum absolute atomic E-state index is 13.1. The van der Waals surface area contributed by atoms with Crippen LogP contribution in [0.4, 0.5) is 0 Å². The first kappa shape index (κ1) is 24.2. The third kappa shape index (κ3) is 5.44. The second kappa shape index (κ2) is 11.1. The molecule has 0 amide bonds. The number of rotatable bonds is 10.